The number of aromatic amines is 2. The molecule has 0 atom stereocenters. The lowest BCUT2D eigenvalue weighted by Gasteiger charge is -2.04. The molecule has 0 unspecified atom stereocenters. The van der Waals surface area contributed by atoms with Crippen LogP contribution in [0.4, 0.5) is 0 Å². The van der Waals surface area contributed by atoms with Gasteiger partial charge in [-0.25, -0.2) is 0 Å². The maximum absolute atomic E-state index is 3.26. The van der Waals surface area contributed by atoms with Gasteiger partial charge < -0.3 is 9.97 Å². The third-order valence-electron chi connectivity index (χ3n) is 3.46. The number of hydrogen-bond acceptors (Lipinski definition) is 0. The fourth-order valence-electron chi connectivity index (χ4n) is 2.56. The van der Waals surface area contributed by atoms with Crippen molar-refractivity contribution in [1.29, 1.82) is 0 Å². The average Bonchev–Trinajstić information content (AvgIpc) is 3.05. The van der Waals surface area contributed by atoms with Crippen molar-refractivity contribution >= 4 is 21.8 Å². The maximum atomic E-state index is 3.26. The Morgan fingerprint density at radius 2 is 1.61 bits per heavy atom. The van der Waals surface area contributed by atoms with Gasteiger partial charge in [-0.2, -0.15) is 0 Å². The van der Waals surface area contributed by atoms with Crippen LogP contribution >= 0.6 is 0 Å². The predicted octanol–water partition coefficient (Wildman–Crippen LogP) is 4.32. The van der Waals surface area contributed by atoms with Crippen molar-refractivity contribution in [3.8, 4) is 11.1 Å². The molecule has 0 bridgehead atoms. The van der Waals surface area contributed by atoms with Gasteiger partial charge >= 0.3 is 0 Å². The molecule has 18 heavy (non-hydrogen) atoms. The molecule has 0 spiro atoms. The smallest absolute Gasteiger partial charge is 0.0460 e. The van der Waals surface area contributed by atoms with E-state index in [1.54, 1.807) is 0 Å². The molecule has 0 aliphatic rings. The van der Waals surface area contributed by atoms with Crippen LogP contribution in [0.5, 0.6) is 0 Å². The molecule has 2 aromatic carbocycles. The second-order valence-corrected chi connectivity index (χ2v) is 4.52. The van der Waals surface area contributed by atoms with E-state index in [0.29, 0.717) is 0 Å². The Balaban J connectivity index is 2.03. The van der Waals surface area contributed by atoms with Crippen molar-refractivity contribution in [1.82, 2.24) is 9.97 Å². The van der Waals surface area contributed by atoms with E-state index in [2.05, 4.69) is 58.5 Å². The Morgan fingerprint density at radius 1 is 0.722 bits per heavy atom. The van der Waals surface area contributed by atoms with Crippen LogP contribution in [0.15, 0.2) is 60.9 Å². The van der Waals surface area contributed by atoms with Crippen molar-refractivity contribution in [2.24, 2.45) is 0 Å². The minimum Gasteiger partial charge on any atom is -0.361 e. The van der Waals surface area contributed by atoms with Crippen molar-refractivity contribution < 1.29 is 0 Å². The third-order valence-corrected chi connectivity index (χ3v) is 3.46. The Labute approximate surface area is 104 Å². The Hall–Kier alpha value is -2.48. The highest BCUT2D eigenvalue weighted by Gasteiger charge is 2.05. The minimum atomic E-state index is 1.18. The molecule has 2 aromatic heterocycles. The molecule has 0 amide bonds. The van der Waals surface area contributed by atoms with Gasteiger partial charge in [-0.3, -0.25) is 0 Å². The zero-order chi connectivity index (χ0) is 11.9. The van der Waals surface area contributed by atoms with Crippen LogP contribution in [-0.2, 0) is 0 Å². The van der Waals surface area contributed by atoms with Crippen LogP contribution < -0.4 is 0 Å². The van der Waals surface area contributed by atoms with Gasteiger partial charge in [-0.1, -0.05) is 18.2 Å². The molecule has 4 rings (SSSR count). The summed E-state index contributed by atoms with van der Waals surface area (Å²) in [6.45, 7) is 0. The first-order chi connectivity index (χ1) is 8.92. The molecular weight excluding hydrogens is 220 g/mol. The predicted molar refractivity (Wildman–Crippen MR) is 75.6 cm³/mol. The number of rotatable bonds is 1. The minimum absolute atomic E-state index is 1.18. The fourth-order valence-corrected chi connectivity index (χ4v) is 2.56. The fraction of sp³-hybridized carbons (Fsp3) is 0. The van der Waals surface area contributed by atoms with Crippen LogP contribution in [0, 0.1) is 0 Å². The molecule has 86 valence electrons. The SMILES string of the molecule is c1cc(-c2ccc3[nH]ccc3c2)c2cc[nH]c2c1. The van der Waals surface area contributed by atoms with Gasteiger partial charge in [0, 0.05) is 28.8 Å². The quantitative estimate of drug-likeness (QED) is 0.490. The molecule has 2 heteroatoms. The summed E-state index contributed by atoms with van der Waals surface area (Å²) in [4.78, 5) is 6.48. The van der Waals surface area contributed by atoms with E-state index in [1.165, 1.54) is 32.9 Å². The Bertz CT molecular complexity index is 836. The van der Waals surface area contributed by atoms with Crippen LogP contribution in [0.25, 0.3) is 32.9 Å². The van der Waals surface area contributed by atoms with E-state index in [9.17, 15) is 0 Å². The molecule has 0 saturated carbocycles. The van der Waals surface area contributed by atoms with Gasteiger partial charge in [-0.05, 0) is 46.8 Å². The lowest BCUT2D eigenvalue weighted by Crippen LogP contribution is -1.79. The number of aromatic nitrogens is 2. The first-order valence-corrected chi connectivity index (χ1v) is 6.05. The van der Waals surface area contributed by atoms with E-state index < -0.39 is 0 Å². The Kier molecular flexibility index (Phi) is 1.86. The van der Waals surface area contributed by atoms with E-state index in [0.717, 1.165) is 0 Å². The van der Waals surface area contributed by atoms with Gasteiger partial charge in [0.25, 0.3) is 0 Å². The van der Waals surface area contributed by atoms with Gasteiger partial charge in [0.1, 0.15) is 0 Å². The molecule has 2 N–H and O–H groups in total. The normalized spacial score (nSPS) is 11.3. The lowest BCUT2D eigenvalue weighted by atomic mass is 10.0. The average molecular weight is 232 g/mol. The standard InChI is InChI=1S/C16H12N2/c1-2-13(14-7-9-18-16(14)3-1)11-4-5-15-12(10-11)6-8-17-15/h1-10,17-18H. The zero-order valence-corrected chi connectivity index (χ0v) is 9.77. The first kappa shape index (κ1) is 9.54. The summed E-state index contributed by atoms with van der Waals surface area (Å²) in [7, 11) is 0. The zero-order valence-electron chi connectivity index (χ0n) is 9.77. The highest BCUT2D eigenvalue weighted by atomic mass is 14.7. The monoisotopic (exact) mass is 232 g/mol. The van der Waals surface area contributed by atoms with Crippen molar-refractivity contribution in [2.45, 2.75) is 0 Å². The van der Waals surface area contributed by atoms with Gasteiger partial charge in [-0.15, -0.1) is 0 Å². The highest BCUT2D eigenvalue weighted by Crippen LogP contribution is 2.30. The van der Waals surface area contributed by atoms with Crippen LogP contribution in [0.3, 0.4) is 0 Å². The van der Waals surface area contributed by atoms with Crippen LogP contribution in [-0.4, -0.2) is 9.97 Å². The molecular formula is C16H12N2. The molecule has 0 aliphatic heterocycles. The Morgan fingerprint density at radius 3 is 2.61 bits per heavy atom. The first-order valence-electron chi connectivity index (χ1n) is 6.05. The number of hydrogen-bond donors (Lipinski definition) is 2. The van der Waals surface area contributed by atoms with Crippen LogP contribution in [0.1, 0.15) is 0 Å². The molecule has 0 saturated heterocycles. The van der Waals surface area contributed by atoms with Crippen molar-refractivity contribution in [3.63, 3.8) is 0 Å². The van der Waals surface area contributed by atoms with Gasteiger partial charge in [0.15, 0.2) is 0 Å². The molecule has 0 aliphatic carbocycles. The van der Waals surface area contributed by atoms with E-state index in [4.69, 9.17) is 0 Å². The van der Waals surface area contributed by atoms with Gasteiger partial charge in [0.05, 0.1) is 0 Å². The van der Waals surface area contributed by atoms with E-state index >= 15 is 0 Å². The summed E-state index contributed by atoms with van der Waals surface area (Å²) >= 11 is 0. The van der Waals surface area contributed by atoms with Crippen molar-refractivity contribution in [3.05, 3.63) is 60.9 Å². The van der Waals surface area contributed by atoms with Crippen LogP contribution in [0.2, 0.25) is 0 Å². The van der Waals surface area contributed by atoms with E-state index in [1.807, 2.05) is 12.4 Å². The largest absolute Gasteiger partial charge is 0.361 e. The third kappa shape index (κ3) is 1.29. The molecule has 0 radical (unpaired) electrons. The second-order valence-electron chi connectivity index (χ2n) is 4.52. The molecule has 2 nitrogen and oxygen atoms in total. The number of benzene rings is 2. The van der Waals surface area contributed by atoms with Crippen molar-refractivity contribution in [2.75, 3.05) is 0 Å². The number of H-pyrrole nitrogens is 2. The topological polar surface area (TPSA) is 31.6 Å². The molecule has 2 heterocycles. The number of nitrogens with one attached hydrogen (secondary N) is 2. The summed E-state index contributed by atoms with van der Waals surface area (Å²) in [5, 5.41) is 2.52. The van der Waals surface area contributed by atoms with Gasteiger partial charge in [0.2, 0.25) is 0 Å². The molecule has 0 fully saturated rings. The summed E-state index contributed by atoms with van der Waals surface area (Å²) < 4.78 is 0. The number of fused-ring (bicyclic) bond motifs is 2. The summed E-state index contributed by atoms with van der Waals surface area (Å²) in [5.74, 6) is 0. The summed E-state index contributed by atoms with van der Waals surface area (Å²) in [6.07, 6.45) is 3.97. The highest BCUT2D eigenvalue weighted by molar-refractivity contribution is 5.97. The lowest BCUT2D eigenvalue weighted by molar-refractivity contribution is 1.47. The second kappa shape index (κ2) is 3.50. The van der Waals surface area contributed by atoms with E-state index in [-0.39, 0.29) is 0 Å². The molecule has 4 aromatic rings. The summed E-state index contributed by atoms with van der Waals surface area (Å²) in [6, 6.07) is 17.1. The summed E-state index contributed by atoms with van der Waals surface area (Å²) in [5.41, 5.74) is 4.89. The maximum Gasteiger partial charge on any atom is 0.0460 e.